The summed E-state index contributed by atoms with van der Waals surface area (Å²) in [5, 5.41) is 9.52. The van der Waals surface area contributed by atoms with Crippen LogP contribution in [0.25, 0.3) is 66.7 Å². The van der Waals surface area contributed by atoms with Crippen molar-refractivity contribution in [3.05, 3.63) is 117 Å². The first kappa shape index (κ1) is 98.9. The van der Waals surface area contributed by atoms with Crippen molar-refractivity contribution in [2.24, 2.45) is 0 Å². The minimum atomic E-state index is -4.86. The highest BCUT2D eigenvalue weighted by molar-refractivity contribution is 8.08. The summed E-state index contributed by atoms with van der Waals surface area (Å²) in [6.07, 6.45) is -1.01. The predicted molar refractivity (Wildman–Crippen MR) is 494 cm³/mol. The Morgan fingerprint density at radius 1 is 0.471 bits per heavy atom. The van der Waals surface area contributed by atoms with Crippen LogP contribution in [0.4, 0.5) is 52.5 Å². The highest BCUT2D eigenvalue weighted by Gasteiger charge is 2.67. The van der Waals surface area contributed by atoms with Gasteiger partial charge in [-0.2, -0.15) is 15.0 Å². The van der Waals surface area contributed by atoms with Gasteiger partial charge in [0.25, 0.3) is 16.7 Å². The van der Waals surface area contributed by atoms with Gasteiger partial charge in [0, 0.05) is 55.2 Å². The number of ether oxygens (including phenoxy) is 6. The SMILES string of the molecule is C#C[C@@]12COP(O)(=S)O[C@@H]3[C@H](F)[C@@H](COP(O)(=S)O[C@H]1C[C@H](n1cc(F)c4c(N)ccnc41)O2)O[C@H]3n1cnc2c(=O)[nH]c(N)nc21.C#C[C@@]12COP(O)(=S)O[C@@H]3[C@H](F)[C@@H](COP(O)(=S)O[C@H]1C[C@H](n1cc(F)c4c(N)ccnc41)O2)O[C@H]3n1cnc2c(=O)[nH]c(N)nc21.Nc1nc2c(ncn2[C@@H]2S[C@@H]3COP(=O)(O)O[C@H]4[C@H]5OC[C@]4(COP(O)(=S)O[C@@H]2[C@@H]3O)O[C@H]5n2cnc3c(N)ccnc32)c(=O)[nH]1. The highest BCUT2D eigenvalue weighted by atomic mass is 32.5. The van der Waals surface area contributed by atoms with Crippen molar-refractivity contribution >= 4 is 214 Å². The van der Waals surface area contributed by atoms with Crippen LogP contribution in [0.2, 0.25) is 0 Å². The third-order valence-corrected chi connectivity index (χ3v) is 34.2. The maximum atomic E-state index is 16.0. The average molecular weight is 2180 g/mol. The first-order chi connectivity index (χ1) is 66.3. The molecular weight excluding hydrogens is 2110 g/mol. The molecule has 746 valence electrons. The summed E-state index contributed by atoms with van der Waals surface area (Å²) in [7, 11) is -4.86. The molecule has 8 bridgehead atoms. The number of anilines is 6. The number of hydrogen-bond acceptors (Lipinski definition) is 45. The lowest BCUT2D eigenvalue weighted by atomic mass is 9.99. The maximum absolute atomic E-state index is 16.0. The van der Waals surface area contributed by atoms with E-state index in [1.54, 1.807) is 10.6 Å². The lowest BCUT2D eigenvalue weighted by molar-refractivity contribution is -0.183. The van der Waals surface area contributed by atoms with Gasteiger partial charge in [-0.25, -0.2) is 57.0 Å². The Bertz CT molecular complexity index is 7340. The number of nitrogens with one attached hydrogen (secondary N) is 3. The third-order valence-electron chi connectivity index (χ3n) is 23.9. The standard InChI is InChI=1S/2C24H24F2N8O9P2S2.C22H25N9O11P2S2/c2*1-2-24-8-39-45(37,47)43-18-16(26)12(40-22(18)34-9-30-17-20(34)31-23(28)32-21(17)35)7-38-44(36,46)42-13(24)5-14(41-24)33-6-10(25)15-11(27)3-4-29-19(15)33;23-8-1-2-25-16-10(8)26-6-30(16)19-14-15-22(40-19,4-37-14)5-39-44(36,45)41-13-12(32)9(3-38-43(34,35)42-15)46-20(13)31-7-27-11-17(31)28-21(24)29-18(11)33/h2*1,3-4,6,9,12-14,16,18,22H,5,7-8H2,(H2,27,29)(H,36,46)(H,37,47)(H3,28,31,32,35);1-2,6-7,9,12-15,19-20,32H,3-5H2,(H2,23,25)(H,34,35)(H,36,45)(H3,24,28,29,33)/t2*12-,13+,14-,16-,18-,22-,24-,44?,45?;9-,12-,13-,14-,15+,19-,20-,22-,44?/m111/s1. The molecule has 6 unspecified atom stereocenters. The van der Waals surface area contributed by atoms with E-state index in [1.165, 1.54) is 57.1 Å². The Kier molecular flexibility index (Phi) is 25.9. The van der Waals surface area contributed by atoms with Crippen molar-refractivity contribution in [2.45, 2.75) is 145 Å². The zero-order chi connectivity index (χ0) is 99.1. The van der Waals surface area contributed by atoms with Crippen LogP contribution in [-0.2, 0) is 146 Å². The lowest BCUT2D eigenvalue weighted by Crippen LogP contribution is -2.45. The van der Waals surface area contributed by atoms with E-state index in [4.69, 9.17) is 189 Å². The molecule has 12 aromatic heterocycles. The van der Waals surface area contributed by atoms with Crippen molar-refractivity contribution in [1.82, 2.24) is 92.2 Å². The molecule has 22 rings (SSSR count). The van der Waals surface area contributed by atoms with Crippen LogP contribution in [0.1, 0.15) is 49.4 Å². The van der Waals surface area contributed by atoms with Crippen molar-refractivity contribution in [3.63, 3.8) is 0 Å². The van der Waals surface area contributed by atoms with E-state index in [1.807, 2.05) is 0 Å². The number of nitrogens with two attached hydrogens (primary N) is 6. The van der Waals surface area contributed by atoms with E-state index < -0.39 is 241 Å². The number of H-pyrrole nitrogens is 3. The van der Waals surface area contributed by atoms with E-state index in [0.29, 0.717) is 16.9 Å². The van der Waals surface area contributed by atoms with Crippen LogP contribution in [-0.4, -0.2) is 268 Å². The number of nitrogen functional groups attached to an aromatic ring is 6. The van der Waals surface area contributed by atoms with Gasteiger partial charge in [-0.05, 0) is 77.2 Å². The second-order valence-electron chi connectivity index (χ2n) is 32.6. The zero-order valence-electron chi connectivity index (χ0n) is 70.3. The second-order valence-corrected chi connectivity index (χ2v) is 49.3. The van der Waals surface area contributed by atoms with Gasteiger partial charge in [0.15, 0.2) is 93.0 Å². The molecule has 0 radical (unpaired) electrons. The molecule has 0 spiro atoms. The smallest absolute Gasteiger partial charge is 0.398 e. The van der Waals surface area contributed by atoms with Gasteiger partial charge in [-0.3, -0.25) is 70.2 Å². The molecule has 12 aromatic rings. The summed E-state index contributed by atoms with van der Waals surface area (Å²) in [4.78, 5) is 152. The number of halogens is 4. The molecule has 140 heavy (non-hydrogen) atoms. The first-order valence-electron chi connectivity index (χ1n) is 40.8. The van der Waals surface area contributed by atoms with E-state index >= 15 is 8.78 Å². The quantitative estimate of drug-likeness (QED) is 0.0643. The molecular formula is C70H73F4N25O29P6S6. The van der Waals surface area contributed by atoms with Gasteiger partial charge in [-0.1, -0.05) is 11.8 Å². The number of aliphatic hydroxyl groups is 1. The summed E-state index contributed by atoms with van der Waals surface area (Å²) in [6, 6.07) is 4.45. The fourth-order valence-electron chi connectivity index (χ4n) is 17.5. The van der Waals surface area contributed by atoms with Gasteiger partial charge in [0.2, 0.25) is 17.8 Å². The van der Waals surface area contributed by atoms with Gasteiger partial charge in [0.05, 0.1) is 99.4 Å². The molecule has 28 atom stereocenters. The van der Waals surface area contributed by atoms with Gasteiger partial charge in [-0.15, -0.1) is 24.6 Å². The van der Waals surface area contributed by atoms with Crippen LogP contribution in [0.3, 0.4) is 0 Å². The first-order valence-corrected chi connectivity index (χ1v) is 56.2. The van der Waals surface area contributed by atoms with E-state index in [2.05, 4.69) is 76.6 Å². The summed E-state index contributed by atoms with van der Waals surface area (Å²) >= 11 is 27.4. The lowest BCUT2D eigenvalue weighted by Gasteiger charge is -2.33. The van der Waals surface area contributed by atoms with Gasteiger partial charge >= 0.3 is 41.4 Å². The molecule has 10 aliphatic rings. The highest BCUT2D eigenvalue weighted by Crippen LogP contribution is 2.63. The number of alkyl halides is 2. The van der Waals surface area contributed by atoms with Crippen LogP contribution >= 0.6 is 53.2 Å². The Hall–Kier alpha value is -8.48. The predicted octanol–water partition coefficient (Wildman–Crippen LogP) is 2.01. The topological polar surface area (TPSA) is 738 Å². The van der Waals surface area contributed by atoms with Crippen molar-refractivity contribution in [2.75, 3.05) is 80.7 Å². The number of aromatic amines is 3. The van der Waals surface area contributed by atoms with Gasteiger partial charge < -0.3 is 138 Å². The van der Waals surface area contributed by atoms with Crippen LogP contribution in [0, 0.1) is 36.3 Å². The summed E-state index contributed by atoms with van der Waals surface area (Å²) < 4.78 is 187. The molecule has 0 aliphatic carbocycles. The number of pyridine rings is 3. The van der Waals surface area contributed by atoms with Crippen molar-refractivity contribution in [1.29, 1.82) is 0 Å². The number of phosphoric ester groups is 1. The number of imidazole rings is 4. The molecule has 54 nitrogen and oxygen atoms in total. The van der Waals surface area contributed by atoms with Crippen LogP contribution in [0.15, 0.2) is 88.9 Å². The molecule has 10 aliphatic heterocycles. The fraction of sp³-hybridized carbons (Fsp3) is 0.443. The molecule has 0 aromatic carbocycles. The number of thioether (sulfide) groups is 1. The second kappa shape index (κ2) is 36.6. The number of terminal acetylenes is 2. The number of rotatable bonds is 6. The minimum absolute atomic E-state index is 0.0393. The van der Waals surface area contributed by atoms with E-state index in [0.717, 1.165) is 45.9 Å². The molecule has 10 fully saturated rings. The van der Waals surface area contributed by atoms with Crippen molar-refractivity contribution < 1.29 is 139 Å². The minimum Gasteiger partial charge on any atom is -0.398 e. The molecule has 0 saturated carbocycles. The average Bonchev–Trinajstić information content (AvgIpc) is 1.55. The van der Waals surface area contributed by atoms with Crippen LogP contribution < -0.4 is 51.1 Å². The molecule has 22 heterocycles. The summed E-state index contributed by atoms with van der Waals surface area (Å²) in [5.74, 6) is 2.77. The molecule has 0 amide bonds. The maximum Gasteiger partial charge on any atom is 0.472 e. The largest absolute Gasteiger partial charge is 0.472 e. The normalized spacial score (nSPS) is 37.5. The fourth-order valence-corrected chi connectivity index (χ4v) is 27.4. The number of fused-ring (bicyclic) bond motifs is 14. The Balaban J connectivity index is 0.000000129. The van der Waals surface area contributed by atoms with Gasteiger partial charge in [0.1, 0.15) is 95.2 Å². The Morgan fingerprint density at radius 3 is 1.34 bits per heavy atom. The number of nitrogens with zero attached hydrogens (tertiary/aromatic N) is 16. The number of hydrogen-bond donors (Lipinski definition) is 16. The summed E-state index contributed by atoms with van der Waals surface area (Å²) in [5.41, 5.74) is 29.0. The number of aromatic nitrogens is 19. The Morgan fingerprint density at radius 2 is 0.879 bits per heavy atom. The zero-order valence-corrected chi connectivity index (χ0v) is 80.6. The molecule has 22 N–H and O–H groups in total. The van der Waals surface area contributed by atoms with E-state index in [9.17, 15) is 62.2 Å². The van der Waals surface area contributed by atoms with Crippen LogP contribution in [0.5, 0.6) is 0 Å². The number of phosphoric acid groups is 1. The van der Waals surface area contributed by atoms with E-state index in [-0.39, 0.29) is 104 Å². The monoisotopic (exact) mass is 2180 g/mol. The third kappa shape index (κ3) is 18.1. The molecule has 70 heteroatoms. The van der Waals surface area contributed by atoms with Crippen molar-refractivity contribution in [3.8, 4) is 24.7 Å². The Labute approximate surface area is 807 Å². The number of aliphatic hydroxyl groups excluding tert-OH is 1. The summed E-state index contributed by atoms with van der Waals surface area (Å²) in [6.45, 7) is -25.5. The molecule has 10 saturated heterocycles.